The largest absolute Gasteiger partial charge is 0.480 e. The van der Waals surface area contributed by atoms with E-state index < -0.39 is 5.97 Å². The summed E-state index contributed by atoms with van der Waals surface area (Å²) in [4.78, 5) is 20.8. The molecule has 92 valence electrons. The zero-order valence-electron chi connectivity index (χ0n) is 9.45. The molecule has 1 N–H and O–H groups in total. The van der Waals surface area contributed by atoms with Crippen molar-refractivity contribution in [1.29, 1.82) is 0 Å². The lowest BCUT2D eigenvalue weighted by Gasteiger charge is -2.32. The minimum Gasteiger partial charge on any atom is -0.480 e. The Hall–Kier alpha value is -1.69. The molecule has 0 bridgehead atoms. The van der Waals surface area contributed by atoms with Gasteiger partial charge in [-0.2, -0.15) is 0 Å². The van der Waals surface area contributed by atoms with Gasteiger partial charge < -0.3 is 14.7 Å². The molecule has 0 radical (unpaired) electrons. The number of rotatable bonds is 4. The van der Waals surface area contributed by atoms with Crippen molar-refractivity contribution in [3.05, 3.63) is 18.6 Å². The maximum atomic E-state index is 10.4. The highest BCUT2D eigenvalue weighted by atomic mass is 16.5. The van der Waals surface area contributed by atoms with Crippen LogP contribution in [0.2, 0.25) is 0 Å². The Bertz CT molecular complexity index is 363. The Morgan fingerprint density at radius 3 is 2.82 bits per heavy atom. The average molecular weight is 237 g/mol. The first kappa shape index (κ1) is 11.8. The molecular weight excluding hydrogens is 222 g/mol. The van der Waals surface area contributed by atoms with Gasteiger partial charge in [0.05, 0.1) is 12.3 Å². The number of ether oxygens (including phenoxy) is 1. The minimum absolute atomic E-state index is 0.0408. The fourth-order valence-corrected chi connectivity index (χ4v) is 1.90. The first-order valence-corrected chi connectivity index (χ1v) is 5.60. The fraction of sp³-hybridized carbons (Fsp3) is 0.545. The summed E-state index contributed by atoms with van der Waals surface area (Å²) in [5, 5.41) is 8.52. The summed E-state index contributed by atoms with van der Waals surface area (Å²) in [6.45, 7) is 1.43. The Morgan fingerprint density at radius 2 is 2.24 bits per heavy atom. The normalized spacial score (nSPS) is 17.1. The first-order valence-electron chi connectivity index (χ1n) is 5.60. The Labute approximate surface area is 99.2 Å². The van der Waals surface area contributed by atoms with Crippen molar-refractivity contribution in [2.24, 2.45) is 0 Å². The van der Waals surface area contributed by atoms with Crippen LogP contribution in [0.15, 0.2) is 18.6 Å². The number of carbonyl (C=O) groups is 1. The average Bonchev–Trinajstić information content (AvgIpc) is 2.38. The van der Waals surface area contributed by atoms with Crippen LogP contribution in [0.1, 0.15) is 12.8 Å². The van der Waals surface area contributed by atoms with E-state index in [1.165, 1.54) is 0 Å². The van der Waals surface area contributed by atoms with Crippen molar-refractivity contribution in [2.45, 2.75) is 18.9 Å². The van der Waals surface area contributed by atoms with Crippen LogP contribution in [0.3, 0.4) is 0 Å². The molecule has 2 heterocycles. The summed E-state index contributed by atoms with van der Waals surface area (Å²) in [6.07, 6.45) is 6.74. The van der Waals surface area contributed by atoms with Crippen LogP contribution in [0.25, 0.3) is 0 Å². The van der Waals surface area contributed by atoms with Crippen molar-refractivity contribution in [1.82, 2.24) is 9.97 Å². The van der Waals surface area contributed by atoms with Crippen molar-refractivity contribution >= 4 is 11.8 Å². The highest BCUT2D eigenvalue weighted by molar-refractivity contribution is 5.68. The van der Waals surface area contributed by atoms with E-state index in [0.29, 0.717) is 0 Å². The van der Waals surface area contributed by atoms with Gasteiger partial charge in [0.15, 0.2) is 0 Å². The van der Waals surface area contributed by atoms with Gasteiger partial charge in [-0.25, -0.2) is 9.78 Å². The zero-order valence-corrected chi connectivity index (χ0v) is 9.45. The number of hydrogen-bond acceptors (Lipinski definition) is 5. The molecule has 0 unspecified atom stereocenters. The van der Waals surface area contributed by atoms with Crippen LogP contribution in [0.5, 0.6) is 0 Å². The second-order valence-corrected chi connectivity index (χ2v) is 3.95. The van der Waals surface area contributed by atoms with Crippen LogP contribution in [-0.4, -0.2) is 46.8 Å². The van der Waals surface area contributed by atoms with Crippen molar-refractivity contribution in [3.63, 3.8) is 0 Å². The molecule has 0 aromatic carbocycles. The predicted molar refractivity (Wildman–Crippen MR) is 60.9 cm³/mol. The van der Waals surface area contributed by atoms with E-state index in [1.807, 2.05) is 0 Å². The fourth-order valence-electron chi connectivity index (χ4n) is 1.90. The van der Waals surface area contributed by atoms with Crippen LogP contribution in [0.4, 0.5) is 5.82 Å². The van der Waals surface area contributed by atoms with Gasteiger partial charge in [0.25, 0.3) is 0 Å². The third kappa shape index (κ3) is 3.39. The van der Waals surface area contributed by atoms with E-state index in [4.69, 9.17) is 9.84 Å². The van der Waals surface area contributed by atoms with Gasteiger partial charge in [0, 0.05) is 25.5 Å². The summed E-state index contributed by atoms with van der Waals surface area (Å²) < 4.78 is 5.27. The Morgan fingerprint density at radius 1 is 1.47 bits per heavy atom. The highest BCUT2D eigenvalue weighted by Gasteiger charge is 2.21. The molecule has 0 atom stereocenters. The molecule has 6 heteroatoms. The van der Waals surface area contributed by atoms with Gasteiger partial charge >= 0.3 is 5.97 Å². The van der Waals surface area contributed by atoms with Gasteiger partial charge in [-0.3, -0.25) is 4.98 Å². The molecule has 17 heavy (non-hydrogen) atoms. The molecule has 1 aromatic heterocycles. The topological polar surface area (TPSA) is 75.6 Å². The minimum atomic E-state index is -0.915. The molecule has 1 saturated heterocycles. The maximum absolute atomic E-state index is 10.4. The van der Waals surface area contributed by atoms with Gasteiger partial charge in [-0.1, -0.05) is 0 Å². The van der Waals surface area contributed by atoms with Gasteiger partial charge in [-0.15, -0.1) is 0 Å². The van der Waals surface area contributed by atoms with E-state index in [1.54, 1.807) is 18.6 Å². The van der Waals surface area contributed by atoms with Crippen LogP contribution in [-0.2, 0) is 9.53 Å². The molecule has 1 aliphatic rings. The number of aromatic nitrogens is 2. The van der Waals surface area contributed by atoms with Gasteiger partial charge in [0.2, 0.25) is 0 Å². The molecule has 1 fully saturated rings. The van der Waals surface area contributed by atoms with Crippen molar-refractivity contribution in [2.75, 3.05) is 24.6 Å². The quantitative estimate of drug-likeness (QED) is 0.824. The smallest absolute Gasteiger partial charge is 0.329 e. The molecule has 2 rings (SSSR count). The van der Waals surface area contributed by atoms with E-state index in [0.717, 1.165) is 31.7 Å². The number of piperidine rings is 1. The van der Waals surface area contributed by atoms with Crippen molar-refractivity contribution < 1.29 is 14.6 Å². The molecule has 1 aliphatic heterocycles. The van der Waals surface area contributed by atoms with Crippen LogP contribution in [0, 0.1) is 0 Å². The maximum Gasteiger partial charge on any atom is 0.329 e. The van der Waals surface area contributed by atoms with Crippen molar-refractivity contribution in [3.8, 4) is 0 Å². The number of carboxylic acid groups (broad SMARTS) is 1. The number of anilines is 1. The Kier molecular flexibility index (Phi) is 3.87. The third-order valence-electron chi connectivity index (χ3n) is 2.76. The summed E-state index contributed by atoms with van der Waals surface area (Å²) in [5.74, 6) is -0.0504. The monoisotopic (exact) mass is 237 g/mol. The molecular formula is C11H15N3O3. The molecule has 0 spiro atoms. The van der Waals surface area contributed by atoms with E-state index in [2.05, 4.69) is 14.9 Å². The second kappa shape index (κ2) is 5.58. The summed E-state index contributed by atoms with van der Waals surface area (Å²) >= 11 is 0. The number of hydrogen-bond donors (Lipinski definition) is 1. The number of carboxylic acids is 1. The lowest BCUT2D eigenvalue weighted by molar-refractivity contribution is -0.144. The molecule has 0 amide bonds. The Balaban J connectivity index is 1.80. The van der Waals surface area contributed by atoms with Gasteiger partial charge in [0.1, 0.15) is 12.4 Å². The standard InChI is InChI=1S/C11H15N3O3/c15-11(16)8-17-9-1-5-14(6-2-9)10-7-12-3-4-13-10/h3-4,7,9H,1-2,5-6,8H2,(H,15,16). The van der Waals surface area contributed by atoms with Crippen LogP contribution < -0.4 is 4.90 Å². The lowest BCUT2D eigenvalue weighted by atomic mass is 10.1. The van der Waals surface area contributed by atoms with Crippen LogP contribution >= 0.6 is 0 Å². The summed E-state index contributed by atoms with van der Waals surface area (Å²) in [7, 11) is 0. The summed E-state index contributed by atoms with van der Waals surface area (Å²) in [5.41, 5.74) is 0. The first-order chi connectivity index (χ1) is 8.25. The van der Waals surface area contributed by atoms with E-state index >= 15 is 0 Å². The lowest BCUT2D eigenvalue weighted by Crippen LogP contribution is -2.38. The zero-order chi connectivity index (χ0) is 12.1. The van der Waals surface area contributed by atoms with Gasteiger partial charge in [-0.05, 0) is 12.8 Å². The highest BCUT2D eigenvalue weighted by Crippen LogP contribution is 2.18. The summed E-state index contributed by atoms with van der Waals surface area (Å²) in [6, 6.07) is 0. The SMILES string of the molecule is O=C(O)COC1CCN(c2cnccn2)CC1. The van der Waals surface area contributed by atoms with E-state index in [9.17, 15) is 4.79 Å². The van der Waals surface area contributed by atoms with E-state index in [-0.39, 0.29) is 12.7 Å². The number of aliphatic carboxylic acids is 1. The third-order valence-corrected chi connectivity index (χ3v) is 2.76. The molecule has 0 aliphatic carbocycles. The molecule has 0 saturated carbocycles. The number of nitrogens with zero attached hydrogens (tertiary/aromatic N) is 3. The second-order valence-electron chi connectivity index (χ2n) is 3.95. The molecule has 6 nitrogen and oxygen atoms in total. The predicted octanol–water partition coefficient (Wildman–Crippen LogP) is 0.547. The molecule has 1 aromatic rings.